The number of thiazole rings is 1. The van der Waals surface area contributed by atoms with Crippen molar-refractivity contribution in [1.82, 2.24) is 4.98 Å². The number of Topliss-reactive ketones (excluding diaryl/α,β-unsaturated/α-hetero) is 1. The number of esters is 1. The molecule has 1 aliphatic heterocycles. The van der Waals surface area contributed by atoms with Crippen LogP contribution in [0.4, 0.5) is 9.52 Å². The van der Waals surface area contributed by atoms with Gasteiger partial charge in [0.25, 0.3) is 5.78 Å². The predicted molar refractivity (Wildman–Crippen MR) is 156 cm³/mol. The third kappa shape index (κ3) is 5.40. The Morgan fingerprint density at radius 1 is 1.02 bits per heavy atom. The van der Waals surface area contributed by atoms with Gasteiger partial charge in [0.1, 0.15) is 34.9 Å². The number of aliphatic hydroxyl groups is 1. The molecule has 5 rings (SSSR count). The molecule has 1 amide bonds. The molecule has 4 aromatic rings. The van der Waals surface area contributed by atoms with Crippen LogP contribution in [0.25, 0.3) is 5.76 Å². The number of halogens is 1. The number of aromatic nitrogens is 1. The summed E-state index contributed by atoms with van der Waals surface area (Å²) in [5, 5.41) is 11.4. The molecule has 0 saturated carbocycles. The largest absolute Gasteiger partial charge is 0.507 e. The van der Waals surface area contributed by atoms with Gasteiger partial charge in [0.15, 0.2) is 5.13 Å². The molecule has 1 N–H and O–H groups in total. The van der Waals surface area contributed by atoms with E-state index in [2.05, 4.69) is 4.98 Å². The van der Waals surface area contributed by atoms with Gasteiger partial charge in [-0.1, -0.05) is 53.8 Å². The van der Waals surface area contributed by atoms with E-state index in [1.807, 2.05) is 31.2 Å². The van der Waals surface area contributed by atoms with Crippen molar-refractivity contribution in [2.24, 2.45) is 0 Å². The molecule has 1 aliphatic rings. The number of carbonyl (C=O) groups is 3. The number of aliphatic hydroxyl groups excluding tert-OH is 1. The van der Waals surface area contributed by atoms with Gasteiger partial charge in [0.2, 0.25) is 0 Å². The Morgan fingerprint density at radius 2 is 1.71 bits per heavy atom. The number of hydrogen-bond acceptors (Lipinski definition) is 8. The van der Waals surface area contributed by atoms with Gasteiger partial charge in [-0.2, -0.15) is 0 Å². The summed E-state index contributed by atoms with van der Waals surface area (Å²) in [6.07, 6.45) is 0. The minimum Gasteiger partial charge on any atom is -0.507 e. The molecular weight excluding hydrogens is 559 g/mol. The highest BCUT2D eigenvalue weighted by Crippen LogP contribution is 2.44. The molecule has 1 unspecified atom stereocenters. The first-order valence-corrected chi connectivity index (χ1v) is 14.0. The second kappa shape index (κ2) is 12.0. The topological polar surface area (TPSA) is 106 Å². The molecule has 8 nitrogen and oxygen atoms in total. The standard InChI is InChI=1S/C32H27FN2O6S/c1-4-40-31(39)29-19(3)34-32(42-29)35-26(23-11-7-8-12-24(23)33)25(28(37)30(35)38)27(36)20-13-15-22(16-14-20)41-17-21-10-6-5-9-18(21)2/h5-16,26,36H,4,17H2,1-3H3. The van der Waals surface area contributed by atoms with Crippen molar-refractivity contribution >= 4 is 39.9 Å². The highest BCUT2D eigenvalue weighted by atomic mass is 32.1. The van der Waals surface area contributed by atoms with E-state index in [9.17, 15) is 19.5 Å². The number of aryl methyl sites for hydroxylation is 2. The number of ketones is 1. The second-order valence-electron chi connectivity index (χ2n) is 9.56. The van der Waals surface area contributed by atoms with Crippen molar-refractivity contribution in [2.75, 3.05) is 11.5 Å². The van der Waals surface area contributed by atoms with Gasteiger partial charge < -0.3 is 14.6 Å². The third-order valence-corrected chi connectivity index (χ3v) is 8.02. The molecule has 0 aliphatic carbocycles. The molecule has 1 fully saturated rings. The second-order valence-corrected chi connectivity index (χ2v) is 10.5. The molecule has 2 heterocycles. The molecule has 3 aromatic carbocycles. The fourth-order valence-electron chi connectivity index (χ4n) is 4.69. The summed E-state index contributed by atoms with van der Waals surface area (Å²) in [6, 6.07) is 18.6. The monoisotopic (exact) mass is 586 g/mol. The zero-order valence-corrected chi connectivity index (χ0v) is 23.9. The van der Waals surface area contributed by atoms with Crippen molar-refractivity contribution < 1.29 is 33.4 Å². The Kier molecular flexibility index (Phi) is 8.17. The van der Waals surface area contributed by atoms with E-state index in [1.165, 1.54) is 18.2 Å². The van der Waals surface area contributed by atoms with E-state index in [0.717, 1.165) is 27.4 Å². The smallest absolute Gasteiger partial charge is 0.350 e. The summed E-state index contributed by atoms with van der Waals surface area (Å²) in [4.78, 5) is 44.8. The van der Waals surface area contributed by atoms with Gasteiger partial charge in [0, 0.05) is 11.1 Å². The van der Waals surface area contributed by atoms with Gasteiger partial charge in [-0.15, -0.1) is 0 Å². The molecule has 1 aromatic heterocycles. The summed E-state index contributed by atoms with van der Waals surface area (Å²) in [7, 11) is 0. The Balaban J connectivity index is 1.54. The van der Waals surface area contributed by atoms with Gasteiger partial charge in [-0.05, 0) is 62.2 Å². The molecule has 0 radical (unpaired) electrons. The summed E-state index contributed by atoms with van der Waals surface area (Å²) < 4.78 is 26.1. The number of amides is 1. The number of rotatable bonds is 8. The van der Waals surface area contributed by atoms with E-state index < -0.39 is 35.3 Å². The molecule has 42 heavy (non-hydrogen) atoms. The van der Waals surface area contributed by atoms with Crippen molar-refractivity contribution in [3.63, 3.8) is 0 Å². The third-order valence-electron chi connectivity index (χ3n) is 6.88. The van der Waals surface area contributed by atoms with Gasteiger partial charge in [-0.25, -0.2) is 14.2 Å². The van der Waals surface area contributed by atoms with Crippen LogP contribution < -0.4 is 9.64 Å². The van der Waals surface area contributed by atoms with Crippen LogP contribution in [0, 0.1) is 19.7 Å². The van der Waals surface area contributed by atoms with E-state index in [1.54, 1.807) is 44.2 Å². The number of anilines is 1. The highest BCUT2D eigenvalue weighted by molar-refractivity contribution is 7.17. The fourth-order valence-corrected chi connectivity index (χ4v) is 5.68. The maximum Gasteiger partial charge on any atom is 0.350 e. The minimum atomic E-state index is -1.33. The van der Waals surface area contributed by atoms with Gasteiger partial charge in [0.05, 0.1) is 17.9 Å². The summed E-state index contributed by atoms with van der Waals surface area (Å²) >= 11 is 0.855. The van der Waals surface area contributed by atoms with Crippen LogP contribution in [0.15, 0.2) is 78.4 Å². The lowest BCUT2D eigenvalue weighted by molar-refractivity contribution is -0.132. The van der Waals surface area contributed by atoms with Gasteiger partial charge >= 0.3 is 11.9 Å². The van der Waals surface area contributed by atoms with E-state index >= 15 is 4.39 Å². The average Bonchev–Trinajstić information content (AvgIpc) is 3.49. The Bertz CT molecular complexity index is 1710. The molecule has 0 bridgehead atoms. The van der Waals surface area contributed by atoms with Crippen LogP contribution in [-0.2, 0) is 20.9 Å². The first-order valence-electron chi connectivity index (χ1n) is 13.2. The lowest BCUT2D eigenvalue weighted by Crippen LogP contribution is -2.29. The predicted octanol–water partition coefficient (Wildman–Crippen LogP) is 6.28. The molecule has 1 saturated heterocycles. The van der Waals surface area contributed by atoms with Crippen molar-refractivity contribution in [2.45, 2.75) is 33.4 Å². The zero-order chi connectivity index (χ0) is 30.0. The van der Waals surface area contributed by atoms with Crippen molar-refractivity contribution in [3.05, 3.63) is 117 Å². The first kappa shape index (κ1) is 28.7. The molecule has 0 spiro atoms. The van der Waals surface area contributed by atoms with E-state index in [-0.39, 0.29) is 33.3 Å². The fraction of sp³-hybridized carbons (Fsp3) is 0.188. The van der Waals surface area contributed by atoms with Crippen LogP contribution in [-0.4, -0.2) is 34.4 Å². The number of carbonyl (C=O) groups excluding carboxylic acids is 3. The maximum absolute atomic E-state index is 15.2. The van der Waals surface area contributed by atoms with Crippen molar-refractivity contribution in [1.29, 1.82) is 0 Å². The lowest BCUT2D eigenvalue weighted by Gasteiger charge is -2.23. The van der Waals surface area contributed by atoms with Crippen LogP contribution in [0.2, 0.25) is 0 Å². The minimum absolute atomic E-state index is 0.00455. The van der Waals surface area contributed by atoms with Crippen molar-refractivity contribution in [3.8, 4) is 5.75 Å². The molecule has 1 atom stereocenters. The normalized spacial score (nSPS) is 16.1. The summed E-state index contributed by atoms with van der Waals surface area (Å²) in [5.41, 5.74) is 2.34. The Morgan fingerprint density at radius 3 is 2.40 bits per heavy atom. The SMILES string of the molecule is CCOC(=O)c1sc(N2C(=O)C(=O)C(=C(O)c3ccc(OCc4ccccc4C)cc3)C2c2ccccc2F)nc1C. The van der Waals surface area contributed by atoms with Crippen LogP contribution >= 0.6 is 11.3 Å². The summed E-state index contributed by atoms with van der Waals surface area (Å²) in [6.45, 7) is 5.71. The molecular formula is C32H27FN2O6S. The number of hydrogen-bond donors (Lipinski definition) is 1. The van der Waals surface area contributed by atoms with Gasteiger partial charge in [-0.3, -0.25) is 14.5 Å². The van der Waals surface area contributed by atoms with E-state index in [0.29, 0.717) is 18.1 Å². The lowest BCUT2D eigenvalue weighted by atomic mass is 9.95. The maximum atomic E-state index is 15.2. The number of nitrogens with zero attached hydrogens (tertiary/aromatic N) is 2. The number of benzene rings is 3. The van der Waals surface area contributed by atoms with E-state index in [4.69, 9.17) is 9.47 Å². The van der Waals surface area contributed by atoms with Crippen LogP contribution in [0.3, 0.4) is 0 Å². The quantitative estimate of drug-likeness (QED) is 0.112. The van der Waals surface area contributed by atoms with Crippen LogP contribution in [0.5, 0.6) is 5.75 Å². The molecule has 10 heteroatoms. The zero-order valence-electron chi connectivity index (χ0n) is 23.1. The number of ether oxygens (including phenoxy) is 2. The average molecular weight is 587 g/mol. The Hall–Kier alpha value is -4.83. The van der Waals surface area contributed by atoms with Crippen LogP contribution in [0.1, 0.15) is 50.6 Å². The highest BCUT2D eigenvalue weighted by Gasteiger charge is 2.49. The Labute approximate surface area is 245 Å². The first-order chi connectivity index (χ1) is 20.2. The summed E-state index contributed by atoms with van der Waals surface area (Å²) in [5.74, 6) is -3.26. The molecule has 214 valence electrons.